The summed E-state index contributed by atoms with van der Waals surface area (Å²) in [5.74, 6) is -1.13. The minimum Gasteiger partial charge on any atom is -0.465 e. The van der Waals surface area contributed by atoms with Gasteiger partial charge in [-0.15, -0.1) is 0 Å². The van der Waals surface area contributed by atoms with Crippen LogP contribution in [-0.4, -0.2) is 48.0 Å². The number of nitrogens with zero attached hydrogens (tertiary/aromatic N) is 1. The fraction of sp³-hybridized carbons (Fsp3) is 0.556. The van der Waals surface area contributed by atoms with Crippen LogP contribution in [0.4, 0.5) is 4.79 Å². The molecule has 2 heterocycles. The highest BCUT2D eigenvalue weighted by Gasteiger charge is 2.52. The van der Waals surface area contributed by atoms with E-state index in [0.29, 0.717) is 18.8 Å². The Labute approximate surface area is 156 Å². The van der Waals surface area contributed by atoms with E-state index in [2.05, 4.69) is 17.0 Å². The third kappa shape index (κ3) is 3.67. The van der Waals surface area contributed by atoms with Crippen LogP contribution in [-0.2, 0) is 25.7 Å². The van der Waals surface area contributed by atoms with Crippen molar-refractivity contribution >= 4 is 23.9 Å². The monoisotopic (exact) mass is 378 g/mol. The second-order valence-electron chi connectivity index (χ2n) is 7.00. The van der Waals surface area contributed by atoms with Gasteiger partial charge in [-0.1, -0.05) is 6.92 Å². The van der Waals surface area contributed by atoms with Crippen LogP contribution in [0.1, 0.15) is 48.7 Å². The average molecular weight is 378 g/mol. The minimum absolute atomic E-state index is 0.130. The Morgan fingerprint density at radius 1 is 1.33 bits per heavy atom. The number of hydrogen-bond acceptors (Lipinski definition) is 7. The van der Waals surface area contributed by atoms with Crippen molar-refractivity contribution in [3.63, 3.8) is 0 Å². The molecule has 1 aliphatic heterocycles. The van der Waals surface area contributed by atoms with Crippen LogP contribution >= 0.6 is 0 Å². The predicted molar refractivity (Wildman–Crippen MR) is 90.5 cm³/mol. The number of amides is 3. The normalized spacial score (nSPS) is 24.8. The zero-order chi connectivity index (χ0) is 19.6. The Morgan fingerprint density at radius 3 is 2.70 bits per heavy atom. The predicted octanol–water partition coefficient (Wildman–Crippen LogP) is 1.61. The van der Waals surface area contributed by atoms with E-state index < -0.39 is 30.1 Å². The Balaban J connectivity index is 1.58. The minimum atomic E-state index is -0.900. The van der Waals surface area contributed by atoms with Crippen LogP contribution in [0.3, 0.4) is 0 Å². The lowest BCUT2D eigenvalue weighted by atomic mass is 9.77. The molecule has 1 saturated heterocycles. The maximum Gasteiger partial charge on any atom is 0.341 e. The van der Waals surface area contributed by atoms with E-state index in [1.165, 1.54) is 19.4 Å². The van der Waals surface area contributed by atoms with E-state index in [-0.39, 0.29) is 23.8 Å². The Hall–Kier alpha value is -2.84. The molecule has 0 aromatic carbocycles. The fourth-order valence-electron chi connectivity index (χ4n) is 3.48. The largest absolute Gasteiger partial charge is 0.465 e. The number of ether oxygens (including phenoxy) is 2. The summed E-state index contributed by atoms with van der Waals surface area (Å²) < 4.78 is 14.8. The summed E-state index contributed by atoms with van der Waals surface area (Å²) in [5.41, 5.74) is -0.751. The van der Waals surface area contributed by atoms with Gasteiger partial charge in [0.2, 0.25) is 0 Å². The molecule has 0 bridgehead atoms. The van der Waals surface area contributed by atoms with E-state index in [1.807, 2.05) is 0 Å². The number of furan rings is 1. The highest BCUT2D eigenvalue weighted by Crippen LogP contribution is 2.36. The van der Waals surface area contributed by atoms with Crippen LogP contribution in [0.2, 0.25) is 0 Å². The van der Waals surface area contributed by atoms with Crippen LogP contribution in [0, 0.1) is 5.92 Å². The number of imide groups is 1. The Kier molecular flexibility index (Phi) is 5.20. The molecule has 1 aromatic rings. The molecule has 1 aliphatic carbocycles. The third-order valence-electron chi connectivity index (χ3n) is 5.18. The van der Waals surface area contributed by atoms with Gasteiger partial charge in [-0.05, 0) is 37.7 Å². The number of urea groups is 1. The van der Waals surface area contributed by atoms with Crippen LogP contribution in [0.15, 0.2) is 16.7 Å². The second-order valence-corrected chi connectivity index (χ2v) is 7.00. The highest BCUT2D eigenvalue weighted by molar-refractivity contribution is 6.08. The van der Waals surface area contributed by atoms with Crippen LogP contribution in [0.5, 0.6) is 0 Å². The van der Waals surface area contributed by atoms with Crippen molar-refractivity contribution in [2.45, 2.75) is 44.8 Å². The van der Waals surface area contributed by atoms with Crippen LogP contribution in [0.25, 0.3) is 0 Å². The number of methoxy groups -OCH3 is 1. The molecule has 3 amide bonds. The zero-order valence-electron chi connectivity index (χ0n) is 15.3. The van der Waals surface area contributed by atoms with Crippen molar-refractivity contribution in [3.8, 4) is 0 Å². The van der Waals surface area contributed by atoms with E-state index in [0.717, 1.165) is 17.7 Å². The number of carbonyl (C=O) groups is 4. The Morgan fingerprint density at radius 2 is 2.04 bits per heavy atom. The maximum absolute atomic E-state index is 12.7. The topological polar surface area (TPSA) is 115 Å². The molecule has 27 heavy (non-hydrogen) atoms. The van der Waals surface area contributed by atoms with E-state index in [1.54, 1.807) is 0 Å². The van der Waals surface area contributed by atoms with Crippen molar-refractivity contribution in [1.82, 2.24) is 10.2 Å². The summed E-state index contributed by atoms with van der Waals surface area (Å²) in [7, 11) is 1.23. The molecule has 2 fully saturated rings. The summed E-state index contributed by atoms with van der Waals surface area (Å²) in [5, 5.41) is 2.75. The first-order valence-corrected chi connectivity index (χ1v) is 8.81. The average Bonchev–Trinajstić information content (AvgIpc) is 3.21. The molecule has 0 unspecified atom stereocenters. The highest BCUT2D eigenvalue weighted by atomic mass is 16.5. The molecule has 1 aromatic heterocycles. The van der Waals surface area contributed by atoms with Gasteiger partial charge in [-0.2, -0.15) is 0 Å². The fourth-order valence-corrected chi connectivity index (χ4v) is 3.48. The summed E-state index contributed by atoms with van der Waals surface area (Å²) in [4.78, 5) is 49.5. The zero-order valence-corrected chi connectivity index (χ0v) is 15.3. The molecule has 146 valence electrons. The summed E-state index contributed by atoms with van der Waals surface area (Å²) in [6.45, 7) is 1.32. The number of carbonyl (C=O) groups excluding carboxylic acids is 4. The second kappa shape index (κ2) is 7.42. The molecule has 1 N–H and O–H groups in total. The van der Waals surface area contributed by atoms with Gasteiger partial charge in [0.25, 0.3) is 5.91 Å². The van der Waals surface area contributed by atoms with E-state index in [4.69, 9.17) is 9.15 Å². The first kappa shape index (κ1) is 18.9. The van der Waals surface area contributed by atoms with Gasteiger partial charge in [0, 0.05) is 0 Å². The summed E-state index contributed by atoms with van der Waals surface area (Å²) in [6.07, 6.45) is 4.11. The molecule has 3 rings (SSSR count). The van der Waals surface area contributed by atoms with Gasteiger partial charge >= 0.3 is 18.0 Å². The summed E-state index contributed by atoms with van der Waals surface area (Å²) >= 11 is 0. The standard InChI is InChI=1S/C18H22N2O7/c1-11-3-6-18(7-4-11)16(23)20(17(24)19-18)9-14(21)27-10-13-12(5-8-26-13)15(22)25-2/h5,8,11H,3-4,6-7,9-10H2,1-2H3,(H,19,24). The molecule has 1 spiro atoms. The van der Waals surface area contributed by atoms with Crippen molar-refractivity contribution in [3.05, 3.63) is 23.7 Å². The van der Waals surface area contributed by atoms with Gasteiger partial charge in [-0.25, -0.2) is 9.59 Å². The van der Waals surface area contributed by atoms with E-state index in [9.17, 15) is 19.2 Å². The molecular formula is C18H22N2O7. The number of esters is 2. The van der Waals surface area contributed by atoms with Crippen molar-refractivity contribution in [2.24, 2.45) is 5.92 Å². The molecule has 1 saturated carbocycles. The first-order chi connectivity index (χ1) is 12.9. The molecule has 2 aliphatic rings. The van der Waals surface area contributed by atoms with Gasteiger partial charge in [0.05, 0.1) is 13.4 Å². The molecular weight excluding hydrogens is 356 g/mol. The quantitative estimate of drug-likeness (QED) is 0.611. The maximum atomic E-state index is 12.7. The van der Waals surface area contributed by atoms with Gasteiger partial charge in [-0.3, -0.25) is 14.5 Å². The lowest BCUT2D eigenvalue weighted by molar-refractivity contribution is -0.149. The number of hydrogen-bond donors (Lipinski definition) is 1. The first-order valence-electron chi connectivity index (χ1n) is 8.81. The van der Waals surface area contributed by atoms with Gasteiger partial charge < -0.3 is 19.2 Å². The third-order valence-corrected chi connectivity index (χ3v) is 5.18. The lowest BCUT2D eigenvalue weighted by Crippen LogP contribution is -2.49. The summed E-state index contributed by atoms with van der Waals surface area (Å²) in [6, 6.07) is 0.819. The van der Waals surface area contributed by atoms with Gasteiger partial charge in [0.1, 0.15) is 24.3 Å². The van der Waals surface area contributed by atoms with Gasteiger partial charge in [0.15, 0.2) is 5.76 Å². The molecule has 0 radical (unpaired) electrons. The number of nitrogens with one attached hydrogen (secondary N) is 1. The van der Waals surface area contributed by atoms with Crippen LogP contribution < -0.4 is 5.32 Å². The lowest BCUT2D eigenvalue weighted by Gasteiger charge is -2.33. The SMILES string of the molecule is COC(=O)c1ccoc1COC(=O)CN1C(=O)NC2(CCC(C)CC2)C1=O. The van der Waals surface area contributed by atoms with Crippen molar-refractivity contribution in [1.29, 1.82) is 0 Å². The van der Waals surface area contributed by atoms with Crippen molar-refractivity contribution < 1.29 is 33.1 Å². The molecule has 9 nitrogen and oxygen atoms in total. The molecule has 0 atom stereocenters. The smallest absolute Gasteiger partial charge is 0.341 e. The Bertz CT molecular complexity index is 762. The molecule has 9 heteroatoms. The van der Waals surface area contributed by atoms with Crippen molar-refractivity contribution in [2.75, 3.05) is 13.7 Å². The van der Waals surface area contributed by atoms with E-state index >= 15 is 0 Å². The number of rotatable bonds is 5.